The topological polar surface area (TPSA) is 90.2 Å². The van der Waals surface area contributed by atoms with E-state index in [1.54, 1.807) is 13.2 Å². The monoisotopic (exact) mass is 472 g/mol. The summed E-state index contributed by atoms with van der Waals surface area (Å²) in [5.41, 5.74) is 10.8. The summed E-state index contributed by atoms with van der Waals surface area (Å²) in [6, 6.07) is 9.43. The molecule has 1 fully saturated rings. The van der Waals surface area contributed by atoms with Crippen LogP contribution in [0, 0.1) is 5.82 Å². The maximum atomic E-state index is 15.4. The highest BCUT2D eigenvalue weighted by molar-refractivity contribution is 6.00. The molecule has 0 aliphatic carbocycles. The fourth-order valence-electron chi connectivity index (χ4n) is 4.65. The largest absolute Gasteiger partial charge is 0.384 e. The van der Waals surface area contributed by atoms with E-state index < -0.39 is 5.82 Å². The van der Waals surface area contributed by atoms with Crippen LogP contribution in [-0.4, -0.2) is 43.2 Å². The summed E-state index contributed by atoms with van der Waals surface area (Å²) < 4.78 is 19.3. The Labute approximate surface area is 203 Å². The molecule has 5 rings (SSSR count). The van der Waals surface area contributed by atoms with Crippen LogP contribution in [0.5, 0.6) is 0 Å². The first kappa shape index (κ1) is 22.8. The molecule has 1 aliphatic heterocycles. The molecule has 1 aliphatic rings. The Bertz CT molecular complexity index is 1450. The van der Waals surface area contributed by atoms with Gasteiger partial charge >= 0.3 is 0 Å². The summed E-state index contributed by atoms with van der Waals surface area (Å²) in [6.07, 6.45) is 5.41. The summed E-state index contributed by atoms with van der Waals surface area (Å²) in [5.74, 6) is 0.958. The van der Waals surface area contributed by atoms with E-state index in [9.17, 15) is 0 Å². The molecule has 2 N–H and O–H groups in total. The van der Waals surface area contributed by atoms with Gasteiger partial charge in [0.15, 0.2) is 11.6 Å². The number of hydrogen-bond donors (Lipinski definition) is 1. The molecular formula is C26H29FN8. The highest BCUT2D eigenvalue weighted by Crippen LogP contribution is 2.34. The molecule has 1 aromatic carbocycles. The van der Waals surface area contributed by atoms with Crippen LogP contribution >= 0.6 is 0 Å². The van der Waals surface area contributed by atoms with E-state index in [2.05, 4.69) is 28.6 Å². The van der Waals surface area contributed by atoms with Gasteiger partial charge in [-0.15, -0.1) is 0 Å². The number of aryl methyl sites for hydroxylation is 1. The molecule has 0 saturated carbocycles. The van der Waals surface area contributed by atoms with Crippen molar-refractivity contribution in [2.45, 2.75) is 45.8 Å². The lowest BCUT2D eigenvalue weighted by Crippen LogP contribution is -2.26. The second kappa shape index (κ2) is 8.98. The Hall–Kier alpha value is -4.01. The van der Waals surface area contributed by atoms with Crippen molar-refractivity contribution in [3.8, 4) is 11.4 Å². The molecule has 0 amide bonds. The van der Waals surface area contributed by atoms with Crippen molar-refractivity contribution in [2.75, 3.05) is 11.9 Å². The molecule has 3 aromatic heterocycles. The summed E-state index contributed by atoms with van der Waals surface area (Å²) >= 11 is 0. The number of anilines is 1. The number of allylic oxidation sites excluding steroid dienone is 1. The zero-order chi connectivity index (χ0) is 24.7. The van der Waals surface area contributed by atoms with Gasteiger partial charge in [0.1, 0.15) is 11.7 Å². The Morgan fingerprint density at radius 3 is 2.77 bits per heavy atom. The Morgan fingerprint density at radius 1 is 1.29 bits per heavy atom. The third-order valence-corrected chi connectivity index (χ3v) is 6.57. The lowest BCUT2D eigenvalue weighted by Gasteiger charge is -2.24. The van der Waals surface area contributed by atoms with Crippen molar-refractivity contribution >= 4 is 22.7 Å². The van der Waals surface area contributed by atoms with Crippen LogP contribution in [0.3, 0.4) is 0 Å². The SMILES string of the molecule is C=C1CC[C@H](C)N1c1ncc(-c2nc3cc(C(N)=NC)ccc3n2Cc2ccn(CC)n2)cc1F. The standard InChI is InChI=1S/C26H29FN8/c1-5-33-11-10-20(32-33)15-34-23-9-8-18(24(28)29-4)13-22(23)31-25(34)19-12-21(27)26(30-14-19)35-16(2)6-7-17(35)3/h8-14,17H,2,5-7,15H2,1,3-4H3,(H2,28,29)/t17-/m0/s1. The molecule has 1 atom stereocenters. The highest BCUT2D eigenvalue weighted by Gasteiger charge is 2.28. The summed E-state index contributed by atoms with van der Waals surface area (Å²) in [7, 11) is 1.65. The van der Waals surface area contributed by atoms with Gasteiger partial charge in [-0.3, -0.25) is 9.67 Å². The number of fused-ring (bicyclic) bond motifs is 1. The third kappa shape index (κ3) is 4.07. The van der Waals surface area contributed by atoms with Gasteiger partial charge in [-0.25, -0.2) is 14.4 Å². The fourth-order valence-corrected chi connectivity index (χ4v) is 4.65. The van der Waals surface area contributed by atoms with E-state index in [1.807, 2.05) is 51.5 Å². The van der Waals surface area contributed by atoms with Gasteiger partial charge < -0.3 is 15.2 Å². The van der Waals surface area contributed by atoms with Crippen LogP contribution < -0.4 is 10.6 Å². The summed E-state index contributed by atoms with van der Waals surface area (Å²) in [4.78, 5) is 15.3. The first-order chi connectivity index (χ1) is 16.9. The first-order valence-corrected chi connectivity index (χ1v) is 11.8. The van der Waals surface area contributed by atoms with Gasteiger partial charge in [0.05, 0.1) is 23.3 Å². The number of amidine groups is 1. The van der Waals surface area contributed by atoms with Crippen molar-refractivity contribution in [3.63, 3.8) is 0 Å². The smallest absolute Gasteiger partial charge is 0.169 e. The van der Waals surface area contributed by atoms with Crippen LogP contribution in [0.4, 0.5) is 10.2 Å². The molecule has 4 heterocycles. The predicted molar refractivity (Wildman–Crippen MR) is 137 cm³/mol. The van der Waals surface area contributed by atoms with Gasteiger partial charge in [0.25, 0.3) is 0 Å². The molecule has 180 valence electrons. The maximum Gasteiger partial charge on any atom is 0.169 e. The van der Waals surface area contributed by atoms with E-state index in [-0.39, 0.29) is 6.04 Å². The molecule has 35 heavy (non-hydrogen) atoms. The number of nitrogens with zero attached hydrogens (tertiary/aromatic N) is 7. The van der Waals surface area contributed by atoms with Crippen molar-refractivity contribution in [1.82, 2.24) is 24.3 Å². The van der Waals surface area contributed by atoms with E-state index in [0.29, 0.717) is 29.6 Å². The Balaban J connectivity index is 1.62. The van der Waals surface area contributed by atoms with Gasteiger partial charge in [0.2, 0.25) is 0 Å². The number of aliphatic imine (C=N–C) groups is 1. The van der Waals surface area contributed by atoms with Gasteiger partial charge in [-0.1, -0.05) is 6.58 Å². The van der Waals surface area contributed by atoms with Crippen molar-refractivity contribution in [1.29, 1.82) is 0 Å². The molecule has 0 radical (unpaired) electrons. The number of rotatable bonds is 6. The second-order valence-electron chi connectivity index (χ2n) is 8.85. The van der Waals surface area contributed by atoms with Crippen molar-refractivity contribution in [3.05, 3.63) is 72.1 Å². The number of hydrogen-bond acceptors (Lipinski definition) is 5. The van der Waals surface area contributed by atoms with Gasteiger partial charge in [-0.05, 0) is 57.0 Å². The van der Waals surface area contributed by atoms with Gasteiger partial charge in [-0.2, -0.15) is 5.10 Å². The Morgan fingerprint density at radius 2 is 2.11 bits per heavy atom. The van der Waals surface area contributed by atoms with E-state index in [0.717, 1.165) is 47.4 Å². The second-order valence-corrected chi connectivity index (χ2v) is 8.85. The number of benzene rings is 1. The molecule has 1 saturated heterocycles. The average molecular weight is 473 g/mol. The Kier molecular flexibility index (Phi) is 5.84. The molecule has 0 unspecified atom stereocenters. The molecule has 9 heteroatoms. The number of nitrogens with two attached hydrogens (primary N) is 1. The quantitative estimate of drug-likeness (QED) is 0.333. The minimum absolute atomic E-state index is 0.165. The fraction of sp³-hybridized carbons (Fsp3) is 0.308. The molecule has 8 nitrogen and oxygen atoms in total. The normalized spacial score (nSPS) is 16.6. The van der Waals surface area contributed by atoms with Crippen LogP contribution in [-0.2, 0) is 13.1 Å². The zero-order valence-electron chi connectivity index (χ0n) is 20.2. The highest BCUT2D eigenvalue weighted by atomic mass is 19.1. The lowest BCUT2D eigenvalue weighted by molar-refractivity contribution is 0.608. The van der Waals surface area contributed by atoms with Gasteiger partial charge in [0, 0.05) is 48.9 Å². The predicted octanol–water partition coefficient (Wildman–Crippen LogP) is 4.34. The number of pyridine rings is 1. The average Bonchev–Trinajstić information content (AvgIpc) is 3.56. The van der Waals surface area contributed by atoms with E-state index in [1.165, 1.54) is 6.07 Å². The van der Waals surface area contributed by atoms with Crippen LogP contribution in [0.15, 0.2) is 60.0 Å². The lowest BCUT2D eigenvalue weighted by atomic mass is 10.2. The summed E-state index contributed by atoms with van der Waals surface area (Å²) in [5, 5.41) is 4.63. The van der Waals surface area contributed by atoms with Crippen LogP contribution in [0.1, 0.15) is 37.9 Å². The van der Waals surface area contributed by atoms with E-state index in [4.69, 9.17) is 10.7 Å². The van der Waals surface area contributed by atoms with Crippen molar-refractivity contribution < 1.29 is 4.39 Å². The first-order valence-electron chi connectivity index (χ1n) is 11.8. The minimum atomic E-state index is -0.394. The zero-order valence-corrected chi connectivity index (χ0v) is 20.2. The third-order valence-electron chi connectivity index (χ3n) is 6.57. The van der Waals surface area contributed by atoms with Crippen molar-refractivity contribution in [2.24, 2.45) is 10.7 Å². The molecule has 4 aromatic rings. The number of halogens is 1. The van der Waals surface area contributed by atoms with E-state index >= 15 is 4.39 Å². The van der Waals surface area contributed by atoms with Crippen LogP contribution in [0.2, 0.25) is 0 Å². The molecule has 0 spiro atoms. The maximum absolute atomic E-state index is 15.4. The minimum Gasteiger partial charge on any atom is -0.384 e. The molecular weight excluding hydrogens is 443 g/mol. The van der Waals surface area contributed by atoms with Crippen LogP contribution in [0.25, 0.3) is 22.4 Å². The summed E-state index contributed by atoms with van der Waals surface area (Å²) in [6.45, 7) is 9.46. The number of imidazole rings is 1. The molecule has 0 bridgehead atoms. The number of aromatic nitrogens is 5.